The number of nitrogens with zero attached hydrogens (tertiary/aromatic N) is 7. The van der Waals surface area contributed by atoms with Crippen LogP contribution < -0.4 is 0 Å². The van der Waals surface area contributed by atoms with Crippen LogP contribution in [0.4, 0.5) is 5.82 Å². The molecular weight excluding hydrogens is 342 g/mol. The van der Waals surface area contributed by atoms with E-state index in [4.69, 9.17) is 0 Å². The van der Waals surface area contributed by atoms with Crippen LogP contribution in [0.25, 0.3) is 15.9 Å². The van der Waals surface area contributed by atoms with Gasteiger partial charge >= 0.3 is 5.82 Å². The Bertz CT molecular complexity index is 1090. The van der Waals surface area contributed by atoms with Gasteiger partial charge in [0.25, 0.3) is 0 Å². The van der Waals surface area contributed by atoms with Crippen LogP contribution in [0.15, 0.2) is 18.6 Å². The first-order valence-corrected chi connectivity index (χ1v) is 8.68. The molecular formula is C15H15N7O2S. The number of fused-ring (bicyclic) bond motifs is 3. The van der Waals surface area contributed by atoms with Crippen LogP contribution in [0.1, 0.15) is 23.2 Å². The van der Waals surface area contributed by atoms with Crippen molar-refractivity contribution < 1.29 is 4.92 Å². The predicted molar refractivity (Wildman–Crippen MR) is 92.9 cm³/mol. The van der Waals surface area contributed by atoms with E-state index in [0.717, 1.165) is 22.3 Å². The molecule has 4 aromatic heterocycles. The molecule has 0 aliphatic rings. The standard InChI is InChI=1S/C15H15N7O2S/c1-3-10-9(2)25-15-13(10)14-17-11(18-21(14)8-16-15)4-6-20-7-5-12(19-20)22(23)24/h5,7-8H,3-4,6H2,1-2H3. The lowest BCUT2D eigenvalue weighted by atomic mass is 10.1. The summed E-state index contributed by atoms with van der Waals surface area (Å²) in [6, 6.07) is 1.38. The van der Waals surface area contributed by atoms with Crippen molar-refractivity contribution in [2.45, 2.75) is 33.2 Å². The highest BCUT2D eigenvalue weighted by molar-refractivity contribution is 7.18. The molecule has 0 radical (unpaired) electrons. The van der Waals surface area contributed by atoms with E-state index in [-0.39, 0.29) is 5.82 Å². The number of thiophene rings is 1. The minimum Gasteiger partial charge on any atom is -0.358 e. The van der Waals surface area contributed by atoms with Crippen molar-refractivity contribution in [2.75, 3.05) is 0 Å². The van der Waals surface area contributed by atoms with E-state index in [1.165, 1.54) is 21.2 Å². The fourth-order valence-electron chi connectivity index (χ4n) is 2.93. The van der Waals surface area contributed by atoms with E-state index in [1.54, 1.807) is 28.4 Å². The Kier molecular flexibility index (Phi) is 3.68. The predicted octanol–water partition coefficient (Wildman–Crippen LogP) is 2.56. The SMILES string of the molecule is CCc1c(C)sc2ncn3nc(CCn4ccc([N+](=O)[O-])n4)nc3c12. The van der Waals surface area contributed by atoms with Crippen molar-refractivity contribution >= 4 is 33.0 Å². The molecule has 0 atom stereocenters. The average molecular weight is 357 g/mol. The summed E-state index contributed by atoms with van der Waals surface area (Å²) < 4.78 is 3.23. The topological polar surface area (TPSA) is 104 Å². The van der Waals surface area contributed by atoms with Gasteiger partial charge in [0.2, 0.25) is 0 Å². The zero-order valence-corrected chi connectivity index (χ0v) is 14.5. The van der Waals surface area contributed by atoms with Gasteiger partial charge in [0.15, 0.2) is 11.5 Å². The maximum absolute atomic E-state index is 10.7. The fourth-order valence-corrected chi connectivity index (χ4v) is 4.00. The van der Waals surface area contributed by atoms with E-state index in [2.05, 4.69) is 34.0 Å². The molecule has 4 heterocycles. The molecule has 25 heavy (non-hydrogen) atoms. The zero-order chi connectivity index (χ0) is 17.6. The Morgan fingerprint density at radius 3 is 2.92 bits per heavy atom. The summed E-state index contributed by atoms with van der Waals surface area (Å²) >= 11 is 1.67. The molecule has 0 fully saturated rings. The molecule has 10 heteroatoms. The molecule has 0 bridgehead atoms. The lowest BCUT2D eigenvalue weighted by Gasteiger charge is -1.96. The largest absolute Gasteiger partial charge is 0.389 e. The summed E-state index contributed by atoms with van der Waals surface area (Å²) in [5, 5.41) is 20.1. The highest BCUT2D eigenvalue weighted by atomic mass is 32.1. The zero-order valence-electron chi connectivity index (χ0n) is 13.7. The van der Waals surface area contributed by atoms with Gasteiger partial charge in [-0.1, -0.05) is 6.92 Å². The highest BCUT2D eigenvalue weighted by Crippen LogP contribution is 2.31. The van der Waals surface area contributed by atoms with Crippen LogP contribution in [0.3, 0.4) is 0 Å². The van der Waals surface area contributed by atoms with Crippen LogP contribution in [0, 0.1) is 17.0 Å². The lowest BCUT2D eigenvalue weighted by Crippen LogP contribution is -2.04. The summed E-state index contributed by atoms with van der Waals surface area (Å²) in [5.41, 5.74) is 2.08. The summed E-state index contributed by atoms with van der Waals surface area (Å²) in [6.07, 6.45) is 4.73. The second-order valence-electron chi connectivity index (χ2n) is 5.66. The molecule has 0 N–H and O–H groups in total. The highest BCUT2D eigenvalue weighted by Gasteiger charge is 2.16. The first-order chi connectivity index (χ1) is 12.1. The molecule has 9 nitrogen and oxygen atoms in total. The van der Waals surface area contributed by atoms with Gasteiger partial charge in [-0.15, -0.1) is 16.4 Å². The normalized spacial score (nSPS) is 11.6. The molecule has 0 saturated heterocycles. The Hall–Kier alpha value is -2.88. The monoisotopic (exact) mass is 357 g/mol. The van der Waals surface area contributed by atoms with Crippen LogP contribution in [-0.2, 0) is 19.4 Å². The van der Waals surface area contributed by atoms with Gasteiger partial charge < -0.3 is 10.1 Å². The number of hydrogen-bond donors (Lipinski definition) is 0. The quantitative estimate of drug-likeness (QED) is 0.401. The number of hydrogen-bond acceptors (Lipinski definition) is 7. The molecule has 0 amide bonds. The number of aryl methyl sites for hydroxylation is 4. The Morgan fingerprint density at radius 1 is 1.36 bits per heavy atom. The summed E-state index contributed by atoms with van der Waals surface area (Å²) in [4.78, 5) is 21.6. The molecule has 0 aliphatic heterocycles. The maximum Gasteiger partial charge on any atom is 0.389 e. The Morgan fingerprint density at radius 2 is 2.20 bits per heavy atom. The number of aromatic nitrogens is 6. The van der Waals surface area contributed by atoms with Gasteiger partial charge in [-0.2, -0.15) is 4.68 Å². The average Bonchev–Trinajstić information content (AvgIpc) is 3.27. The van der Waals surface area contributed by atoms with E-state index in [9.17, 15) is 10.1 Å². The van der Waals surface area contributed by atoms with Crippen molar-refractivity contribution in [3.63, 3.8) is 0 Å². The van der Waals surface area contributed by atoms with Gasteiger partial charge in [-0.05, 0) is 23.8 Å². The third kappa shape index (κ3) is 2.64. The second kappa shape index (κ2) is 5.88. The van der Waals surface area contributed by atoms with Crippen LogP contribution in [-0.4, -0.2) is 34.3 Å². The van der Waals surface area contributed by atoms with Crippen molar-refractivity contribution in [3.05, 3.63) is 45.0 Å². The summed E-state index contributed by atoms with van der Waals surface area (Å²) in [5.74, 6) is 0.508. The molecule has 0 saturated carbocycles. The summed E-state index contributed by atoms with van der Waals surface area (Å²) in [6.45, 7) is 4.70. The van der Waals surface area contributed by atoms with Gasteiger partial charge in [0.1, 0.15) is 11.2 Å². The van der Waals surface area contributed by atoms with E-state index >= 15 is 0 Å². The van der Waals surface area contributed by atoms with Gasteiger partial charge in [0, 0.05) is 11.3 Å². The minimum absolute atomic E-state index is 0.157. The van der Waals surface area contributed by atoms with Gasteiger partial charge in [-0.3, -0.25) is 0 Å². The maximum atomic E-state index is 10.7. The minimum atomic E-state index is -0.507. The smallest absolute Gasteiger partial charge is 0.358 e. The van der Waals surface area contributed by atoms with E-state index < -0.39 is 4.92 Å². The summed E-state index contributed by atoms with van der Waals surface area (Å²) in [7, 11) is 0. The van der Waals surface area contributed by atoms with E-state index in [1.807, 2.05) is 0 Å². The number of nitro groups is 1. The Balaban J connectivity index is 1.66. The van der Waals surface area contributed by atoms with Crippen LogP contribution in [0.5, 0.6) is 0 Å². The third-order valence-corrected chi connectivity index (χ3v) is 5.16. The molecule has 128 valence electrons. The molecule has 0 aromatic carbocycles. The number of rotatable bonds is 5. The molecule has 0 unspecified atom stereocenters. The molecule has 4 aromatic rings. The third-order valence-electron chi connectivity index (χ3n) is 4.11. The molecule has 0 aliphatic carbocycles. The lowest BCUT2D eigenvalue weighted by molar-refractivity contribution is -0.389. The Labute approximate surface area is 146 Å². The second-order valence-corrected chi connectivity index (χ2v) is 6.86. The van der Waals surface area contributed by atoms with Gasteiger partial charge in [-0.25, -0.2) is 14.5 Å². The fraction of sp³-hybridized carbons (Fsp3) is 0.333. The van der Waals surface area contributed by atoms with Crippen molar-refractivity contribution in [3.8, 4) is 0 Å². The molecule has 4 rings (SSSR count). The first kappa shape index (κ1) is 15.6. The van der Waals surface area contributed by atoms with Crippen molar-refractivity contribution in [1.29, 1.82) is 0 Å². The van der Waals surface area contributed by atoms with Crippen molar-refractivity contribution in [2.24, 2.45) is 0 Å². The van der Waals surface area contributed by atoms with Crippen molar-refractivity contribution in [1.82, 2.24) is 29.4 Å². The van der Waals surface area contributed by atoms with Crippen LogP contribution in [0.2, 0.25) is 0 Å². The van der Waals surface area contributed by atoms with E-state index in [0.29, 0.717) is 18.8 Å². The molecule has 0 spiro atoms. The van der Waals surface area contributed by atoms with Crippen LogP contribution >= 0.6 is 11.3 Å². The first-order valence-electron chi connectivity index (χ1n) is 7.87. The van der Waals surface area contributed by atoms with Gasteiger partial charge in [0.05, 0.1) is 29.3 Å².